The van der Waals surface area contributed by atoms with Crippen LogP contribution in [0.1, 0.15) is 51.5 Å². The Morgan fingerprint density at radius 1 is 1.21 bits per heavy atom. The molecule has 4 aromatic rings. The van der Waals surface area contributed by atoms with E-state index in [4.69, 9.17) is 15.2 Å². The number of fused-ring (bicyclic) bond motifs is 2. The molecule has 0 spiro atoms. The van der Waals surface area contributed by atoms with Crippen molar-refractivity contribution in [3.05, 3.63) is 46.8 Å². The van der Waals surface area contributed by atoms with Gasteiger partial charge in [-0.15, -0.1) is 10.2 Å². The second kappa shape index (κ2) is 12.5. The molecule has 228 valence electrons. The number of rotatable bonds is 11. The maximum atomic E-state index is 13.3. The topological polar surface area (TPSA) is 189 Å². The maximum absolute atomic E-state index is 13.3. The second-order valence-electron chi connectivity index (χ2n) is 10.1. The lowest BCUT2D eigenvalue weighted by Crippen LogP contribution is -2.38. The van der Waals surface area contributed by atoms with E-state index in [0.29, 0.717) is 86.4 Å². The molecule has 16 heteroatoms. The summed E-state index contributed by atoms with van der Waals surface area (Å²) >= 11 is 0. The van der Waals surface area contributed by atoms with Crippen LogP contribution in [0.5, 0.6) is 5.75 Å². The lowest BCUT2D eigenvalue weighted by Gasteiger charge is -2.20. The summed E-state index contributed by atoms with van der Waals surface area (Å²) in [5, 5.41) is 18.5. The molecule has 16 nitrogen and oxygen atoms in total. The molecule has 1 aromatic carbocycles. The molecule has 0 bridgehead atoms. The largest absolute Gasteiger partial charge is 0.494 e. The molecular weight excluding hydrogens is 558 g/mol. The molecule has 3 aromatic heterocycles. The van der Waals surface area contributed by atoms with E-state index >= 15 is 0 Å². The highest BCUT2D eigenvalue weighted by Gasteiger charge is 2.22. The van der Waals surface area contributed by atoms with Gasteiger partial charge in [0.1, 0.15) is 23.6 Å². The molecule has 0 unspecified atom stereocenters. The fraction of sp³-hybridized carbons (Fsp3) is 0.444. The molecule has 0 saturated heterocycles. The van der Waals surface area contributed by atoms with Gasteiger partial charge in [-0.2, -0.15) is 5.10 Å². The van der Waals surface area contributed by atoms with Crippen molar-refractivity contribution in [2.75, 3.05) is 32.6 Å². The van der Waals surface area contributed by atoms with Crippen LogP contribution in [0.15, 0.2) is 18.2 Å². The van der Waals surface area contributed by atoms with Crippen LogP contribution < -0.4 is 21.1 Å². The molecule has 5 rings (SSSR count). The number of imidazole rings is 1. The van der Waals surface area contributed by atoms with E-state index < -0.39 is 5.91 Å². The first-order chi connectivity index (χ1) is 20.7. The zero-order valence-corrected chi connectivity index (χ0v) is 24.6. The van der Waals surface area contributed by atoms with Gasteiger partial charge in [-0.3, -0.25) is 19.6 Å². The van der Waals surface area contributed by atoms with E-state index in [2.05, 4.69) is 30.9 Å². The third kappa shape index (κ3) is 6.13. The second-order valence-corrected chi connectivity index (χ2v) is 10.1. The quantitative estimate of drug-likeness (QED) is 0.215. The van der Waals surface area contributed by atoms with Crippen LogP contribution in [-0.4, -0.2) is 84.2 Å². The molecule has 4 N–H and O–H groups in total. The summed E-state index contributed by atoms with van der Waals surface area (Å²) in [6, 6.07) is 4.53. The number of hydrogen-bond acceptors (Lipinski definition) is 9. The van der Waals surface area contributed by atoms with E-state index in [0.717, 1.165) is 5.82 Å². The molecular formula is C27H35N11O5. The van der Waals surface area contributed by atoms with Crippen molar-refractivity contribution in [1.29, 1.82) is 0 Å². The van der Waals surface area contributed by atoms with Gasteiger partial charge in [0.15, 0.2) is 11.6 Å². The number of nitrogens with two attached hydrogens (primary N) is 1. The highest BCUT2D eigenvalue weighted by Crippen LogP contribution is 2.31. The average molecular weight is 594 g/mol. The first kappa shape index (κ1) is 29.5. The van der Waals surface area contributed by atoms with Gasteiger partial charge in [0.2, 0.25) is 11.9 Å². The molecule has 0 saturated carbocycles. The smallest absolute Gasteiger partial charge is 0.317 e. The number of benzene rings is 1. The SMILES string of the molecule is CCn1nc(C)cc1C(=O)Nc1nc2cc(C(N)=O)cc(OC)c2n1CCCNC(=O)N(C)Cc1nnc2n1CCOC2. The molecule has 0 atom stereocenters. The van der Waals surface area contributed by atoms with Gasteiger partial charge in [-0.05, 0) is 38.5 Å². The monoisotopic (exact) mass is 593 g/mol. The van der Waals surface area contributed by atoms with Crippen LogP contribution in [0, 0.1) is 6.92 Å². The van der Waals surface area contributed by atoms with Gasteiger partial charge < -0.3 is 34.6 Å². The molecule has 0 fully saturated rings. The van der Waals surface area contributed by atoms with E-state index in [1.807, 2.05) is 18.4 Å². The predicted octanol–water partition coefficient (Wildman–Crippen LogP) is 1.27. The average Bonchev–Trinajstić information content (AvgIpc) is 3.69. The maximum Gasteiger partial charge on any atom is 0.317 e. The minimum atomic E-state index is -0.630. The standard InChI is InChI=1S/C27H35N11O5/c1-5-38-19(11-16(2)34-38)25(40)31-26-30-18-12-17(24(28)39)13-20(42-4)23(18)37(26)8-6-7-29-27(41)35(3)14-21-32-33-22-15-43-10-9-36(21)22/h11-13H,5-10,14-15H2,1-4H3,(H2,28,39)(H,29,41)(H,30,31,40). The number of anilines is 1. The molecule has 0 aliphatic carbocycles. The summed E-state index contributed by atoms with van der Waals surface area (Å²) in [6.07, 6.45) is 0.498. The van der Waals surface area contributed by atoms with Crippen LogP contribution in [0.2, 0.25) is 0 Å². The van der Waals surface area contributed by atoms with Crippen LogP contribution >= 0.6 is 0 Å². The number of nitrogens with one attached hydrogen (secondary N) is 2. The van der Waals surface area contributed by atoms with Crippen molar-refractivity contribution in [1.82, 2.24) is 44.3 Å². The van der Waals surface area contributed by atoms with Crippen molar-refractivity contribution < 1.29 is 23.9 Å². The number of aromatic nitrogens is 7. The molecule has 0 radical (unpaired) electrons. The molecule has 4 amide bonds. The molecule has 4 heterocycles. The Kier molecular flexibility index (Phi) is 8.56. The van der Waals surface area contributed by atoms with Crippen LogP contribution in [0.25, 0.3) is 11.0 Å². The van der Waals surface area contributed by atoms with Crippen LogP contribution in [0.4, 0.5) is 10.7 Å². The summed E-state index contributed by atoms with van der Waals surface area (Å²) in [7, 11) is 3.17. The number of aryl methyl sites for hydroxylation is 3. The summed E-state index contributed by atoms with van der Waals surface area (Å²) < 4.78 is 16.3. The Balaban J connectivity index is 1.31. The highest BCUT2D eigenvalue weighted by atomic mass is 16.5. The van der Waals surface area contributed by atoms with Crippen LogP contribution in [-0.2, 0) is 37.5 Å². The number of primary amides is 1. The fourth-order valence-electron chi connectivity index (χ4n) is 5.00. The number of hydrogen-bond donors (Lipinski definition) is 3. The number of methoxy groups -OCH3 is 1. The van der Waals surface area contributed by atoms with Crippen molar-refractivity contribution in [2.24, 2.45) is 5.73 Å². The van der Waals surface area contributed by atoms with E-state index in [9.17, 15) is 14.4 Å². The Labute approximate surface area is 247 Å². The number of carbonyl (C=O) groups excluding carboxylic acids is 3. The van der Waals surface area contributed by atoms with E-state index in [1.54, 1.807) is 28.4 Å². The van der Waals surface area contributed by atoms with Gasteiger partial charge in [0.05, 0.1) is 31.5 Å². The zero-order chi connectivity index (χ0) is 30.7. The van der Waals surface area contributed by atoms with E-state index in [1.165, 1.54) is 18.1 Å². The van der Waals surface area contributed by atoms with Gasteiger partial charge in [-0.1, -0.05) is 0 Å². The van der Waals surface area contributed by atoms with Gasteiger partial charge in [0, 0.05) is 38.8 Å². The minimum absolute atomic E-state index is 0.225. The Hall–Kier alpha value is -4.99. The molecule has 1 aliphatic heterocycles. The summed E-state index contributed by atoms with van der Waals surface area (Å²) in [5.74, 6) is 1.06. The molecule has 43 heavy (non-hydrogen) atoms. The first-order valence-corrected chi connectivity index (χ1v) is 13.9. The third-order valence-corrected chi connectivity index (χ3v) is 7.13. The number of urea groups is 1. The summed E-state index contributed by atoms with van der Waals surface area (Å²) in [5.41, 5.74) is 7.85. The van der Waals surface area contributed by atoms with Crippen molar-refractivity contribution >= 4 is 34.8 Å². The van der Waals surface area contributed by atoms with Gasteiger partial charge >= 0.3 is 6.03 Å². The Bertz CT molecular complexity index is 1670. The number of nitrogens with zero attached hydrogens (tertiary/aromatic N) is 8. The Morgan fingerprint density at radius 3 is 2.77 bits per heavy atom. The lowest BCUT2D eigenvalue weighted by atomic mass is 10.1. The number of carbonyl (C=O) groups is 3. The van der Waals surface area contributed by atoms with Crippen LogP contribution in [0.3, 0.4) is 0 Å². The van der Waals surface area contributed by atoms with Gasteiger partial charge in [0.25, 0.3) is 5.91 Å². The van der Waals surface area contributed by atoms with Crippen molar-refractivity contribution in [2.45, 2.75) is 53.1 Å². The molecule has 1 aliphatic rings. The van der Waals surface area contributed by atoms with Crippen molar-refractivity contribution in [3.8, 4) is 5.75 Å². The zero-order valence-electron chi connectivity index (χ0n) is 24.6. The lowest BCUT2D eigenvalue weighted by molar-refractivity contribution is 0.0800. The van der Waals surface area contributed by atoms with Crippen molar-refractivity contribution in [3.63, 3.8) is 0 Å². The summed E-state index contributed by atoms with van der Waals surface area (Å²) in [6.45, 7) is 6.87. The highest BCUT2D eigenvalue weighted by molar-refractivity contribution is 6.04. The van der Waals surface area contributed by atoms with Gasteiger partial charge in [-0.25, -0.2) is 9.78 Å². The third-order valence-electron chi connectivity index (χ3n) is 7.13. The minimum Gasteiger partial charge on any atom is -0.494 e. The predicted molar refractivity (Wildman–Crippen MR) is 155 cm³/mol. The first-order valence-electron chi connectivity index (χ1n) is 13.9. The Morgan fingerprint density at radius 2 is 2.02 bits per heavy atom. The normalized spacial score (nSPS) is 12.7. The van der Waals surface area contributed by atoms with E-state index in [-0.39, 0.29) is 23.5 Å². The number of ether oxygens (including phenoxy) is 2. The summed E-state index contributed by atoms with van der Waals surface area (Å²) in [4.78, 5) is 44.2. The number of amides is 4. The fourth-order valence-corrected chi connectivity index (χ4v) is 5.00.